The summed E-state index contributed by atoms with van der Waals surface area (Å²) >= 11 is 0. The van der Waals surface area contributed by atoms with Crippen LogP contribution in [-0.2, 0) is 14.3 Å². The Morgan fingerprint density at radius 1 is 0.320 bits per heavy atom. The summed E-state index contributed by atoms with van der Waals surface area (Å²) in [6, 6.07) is -0.543. The summed E-state index contributed by atoms with van der Waals surface area (Å²) in [7, 11) is 0. The molecule has 0 aromatic carbocycles. The highest BCUT2D eigenvalue weighted by Crippen LogP contribution is 2.19. The van der Waals surface area contributed by atoms with E-state index in [4.69, 9.17) is 4.74 Å². The molecule has 0 spiro atoms. The van der Waals surface area contributed by atoms with Crippen molar-refractivity contribution < 1.29 is 24.5 Å². The number of amides is 1. The predicted molar refractivity (Wildman–Crippen MR) is 329 cm³/mol. The van der Waals surface area contributed by atoms with Gasteiger partial charge in [0.1, 0.15) is 0 Å². The third-order valence-corrected chi connectivity index (χ3v) is 16.7. The number of unbranched alkanes of at least 4 members (excludes halogenated alkanes) is 55. The number of ether oxygens (including phenoxy) is 1. The van der Waals surface area contributed by atoms with E-state index < -0.39 is 12.1 Å². The Morgan fingerprint density at radius 2 is 0.547 bits per heavy atom. The topological polar surface area (TPSA) is 95.9 Å². The van der Waals surface area contributed by atoms with Gasteiger partial charge in [0.15, 0.2) is 0 Å². The molecule has 2 atom stereocenters. The van der Waals surface area contributed by atoms with Gasteiger partial charge in [-0.2, -0.15) is 0 Å². The van der Waals surface area contributed by atoms with Crippen LogP contribution in [0.1, 0.15) is 406 Å². The molecule has 0 rings (SSSR count). The lowest BCUT2D eigenvalue weighted by atomic mass is 10.0. The van der Waals surface area contributed by atoms with E-state index in [0.29, 0.717) is 25.9 Å². The van der Waals surface area contributed by atoms with Crippen LogP contribution in [0, 0.1) is 0 Å². The standard InChI is InChI=1S/C69H137NO5/c1-3-5-7-9-11-13-15-17-19-21-23-26-29-33-37-41-45-49-53-57-61-67(72)66(65-71)70-68(73)62-58-54-50-46-42-38-34-30-27-24-25-28-32-36-40-44-48-52-56-60-64-75-69(74)63-59-55-51-47-43-39-35-31-22-20-18-16-14-12-10-8-6-4-2/h66-67,71-72H,3-65H2,1-2H3,(H,70,73). The van der Waals surface area contributed by atoms with Crippen molar-refractivity contribution in [1.29, 1.82) is 0 Å². The number of hydrogen-bond donors (Lipinski definition) is 3. The van der Waals surface area contributed by atoms with E-state index in [-0.39, 0.29) is 18.5 Å². The van der Waals surface area contributed by atoms with Gasteiger partial charge in [0.25, 0.3) is 0 Å². The Balaban J connectivity index is 3.36. The van der Waals surface area contributed by atoms with Crippen LogP contribution < -0.4 is 5.32 Å². The second kappa shape index (κ2) is 65.4. The Labute approximate surface area is 470 Å². The minimum absolute atomic E-state index is 0.0166. The minimum atomic E-state index is -0.665. The fourth-order valence-electron chi connectivity index (χ4n) is 11.4. The van der Waals surface area contributed by atoms with Gasteiger partial charge in [-0.3, -0.25) is 9.59 Å². The lowest BCUT2D eigenvalue weighted by Crippen LogP contribution is -2.45. The lowest BCUT2D eigenvalue weighted by molar-refractivity contribution is -0.143. The highest BCUT2D eigenvalue weighted by Gasteiger charge is 2.20. The smallest absolute Gasteiger partial charge is 0.305 e. The number of carbonyl (C=O) groups is 2. The molecule has 0 fully saturated rings. The largest absolute Gasteiger partial charge is 0.466 e. The fraction of sp³-hybridized carbons (Fsp3) is 0.971. The van der Waals surface area contributed by atoms with E-state index in [1.54, 1.807) is 0 Å². The van der Waals surface area contributed by atoms with Crippen molar-refractivity contribution in [2.75, 3.05) is 13.2 Å². The maximum atomic E-state index is 12.5. The summed E-state index contributed by atoms with van der Waals surface area (Å²) < 4.78 is 5.51. The van der Waals surface area contributed by atoms with Gasteiger partial charge in [-0.15, -0.1) is 0 Å². The van der Waals surface area contributed by atoms with E-state index in [1.807, 2.05) is 0 Å². The minimum Gasteiger partial charge on any atom is -0.466 e. The molecule has 0 aliphatic carbocycles. The predicted octanol–water partition coefficient (Wildman–Crippen LogP) is 22.2. The van der Waals surface area contributed by atoms with E-state index in [2.05, 4.69) is 19.2 Å². The fourth-order valence-corrected chi connectivity index (χ4v) is 11.4. The highest BCUT2D eigenvalue weighted by molar-refractivity contribution is 5.76. The van der Waals surface area contributed by atoms with Crippen LogP contribution in [-0.4, -0.2) is 47.4 Å². The van der Waals surface area contributed by atoms with Crippen molar-refractivity contribution in [3.8, 4) is 0 Å². The van der Waals surface area contributed by atoms with Gasteiger partial charge in [-0.25, -0.2) is 0 Å². The van der Waals surface area contributed by atoms with Crippen LogP contribution in [0.15, 0.2) is 0 Å². The molecule has 0 saturated carbocycles. The Hall–Kier alpha value is -1.14. The third kappa shape index (κ3) is 61.9. The van der Waals surface area contributed by atoms with Crippen molar-refractivity contribution in [2.24, 2.45) is 0 Å². The number of aliphatic hydroxyl groups excluding tert-OH is 2. The zero-order valence-corrected chi connectivity index (χ0v) is 51.3. The van der Waals surface area contributed by atoms with Crippen LogP contribution >= 0.6 is 0 Å². The average molecular weight is 1060 g/mol. The van der Waals surface area contributed by atoms with Crippen LogP contribution in [0.5, 0.6) is 0 Å². The quantitative estimate of drug-likeness (QED) is 0.0417. The Kier molecular flexibility index (Phi) is 64.4. The molecule has 0 heterocycles. The molecular formula is C69H137NO5. The van der Waals surface area contributed by atoms with Gasteiger partial charge in [0.05, 0.1) is 25.4 Å². The molecule has 2 unspecified atom stereocenters. The summed E-state index contributed by atoms with van der Waals surface area (Å²) in [4.78, 5) is 24.6. The molecule has 448 valence electrons. The van der Waals surface area contributed by atoms with Gasteiger partial charge in [0.2, 0.25) is 5.91 Å². The van der Waals surface area contributed by atoms with Crippen LogP contribution in [0.3, 0.4) is 0 Å². The van der Waals surface area contributed by atoms with Gasteiger partial charge in [-0.1, -0.05) is 367 Å². The van der Waals surface area contributed by atoms with Crippen molar-refractivity contribution >= 4 is 11.9 Å². The molecule has 6 nitrogen and oxygen atoms in total. The molecule has 3 N–H and O–H groups in total. The monoisotopic (exact) mass is 1060 g/mol. The summed E-state index contributed by atoms with van der Waals surface area (Å²) in [5.41, 5.74) is 0. The van der Waals surface area contributed by atoms with Gasteiger partial charge in [0, 0.05) is 12.8 Å². The Bertz CT molecular complexity index is 1080. The Morgan fingerprint density at radius 3 is 0.813 bits per heavy atom. The van der Waals surface area contributed by atoms with E-state index in [0.717, 1.165) is 38.5 Å². The molecule has 0 radical (unpaired) electrons. The molecule has 0 aliphatic heterocycles. The summed E-state index contributed by atoms with van der Waals surface area (Å²) in [6.45, 7) is 5.00. The number of esters is 1. The zero-order chi connectivity index (χ0) is 54.3. The maximum Gasteiger partial charge on any atom is 0.305 e. The lowest BCUT2D eigenvalue weighted by Gasteiger charge is -2.22. The van der Waals surface area contributed by atoms with Crippen molar-refractivity contribution in [2.45, 2.75) is 418 Å². The summed E-state index contributed by atoms with van der Waals surface area (Å²) in [6.07, 6.45) is 78.5. The van der Waals surface area contributed by atoms with Gasteiger partial charge >= 0.3 is 5.97 Å². The first-order valence-corrected chi connectivity index (χ1v) is 34.8. The van der Waals surface area contributed by atoms with Crippen LogP contribution in [0.25, 0.3) is 0 Å². The van der Waals surface area contributed by atoms with Crippen LogP contribution in [0.4, 0.5) is 0 Å². The van der Waals surface area contributed by atoms with Crippen molar-refractivity contribution in [1.82, 2.24) is 5.32 Å². The van der Waals surface area contributed by atoms with E-state index in [9.17, 15) is 19.8 Å². The first kappa shape index (κ1) is 73.9. The number of hydrogen-bond acceptors (Lipinski definition) is 5. The van der Waals surface area contributed by atoms with Crippen LogP contribution in [0.2, 0.25) is 0 Å². The molecule has 0 aromatic rings. The van der Waals surface area contributed by atoms with E-state index >= 15 is 0 Å². The van der Waals surface area contributed by atoms with Crippen molar-refractivity contribution in [3.05, 3.63) is 0 Å². The second-order valence-electron chi connectivity index (χ2n) is 24.2. The molecule has 0 aromatic heterocycles. The zero-order valence-electron chi connectivity index (χ0n) is 51.3. The van der Waals surface area contributed by atoms with Crippen molar-refractivity contribution in [3.63, 3.8) is 0 Å². The molecule has 0 saturated heterocycles. The maximum absolute atomic E-state index is 12.5. The summed E-state index contributed by atoms with van der Waals surface area (Å²) in [5, 5.41) is 23.4. The second-order valence-corrected chi connectivity index (χ2v) is 24.2. The number of nitrogens with one attached hydrogen (secondary N) is 1. The number of rotatable bonds is 66. The third-order valence-electron chi connectivity index (χ3n) is 16.7. The molecule has 0 bridgehead atoms. The SMILES string of the molecule is CCCCCCCCCCCCCCCCCCCCCCC(O)C(CO)NC(=O)CCCCCCCCCCCCCCCCCCCCCCOC(=O)CCCCCCCCCCCCCCCCCCCC. The molecular weight excluding hydrogens is 923 g/mol. The van der Waals surface area contributed by atoms with Gasteiger partial charge < -0.3 is 20.3 Å². The molecule has 1 amide bonds. The molecule has 6 heteroatoms. The number of aliphatic hydroxyl groups is 2. The van der Waals surface area contributed by atoms with E-state index in [1.165, 1.54) is 334 Å². The van der Waals surface area contributed by atoms with Gasteiger partial charge in [-0.05, 0) is 25.7 Å². The summed E-state index contributed by atoms with van der Waals surface area (Å²) in [5.74, 6) is -0.0149. The normalized spacial score (nSPS) is 12.4. The average Bonchev–Trinajstić information content (AvgIpc) is 3.41. The first-order valence-electron chi connectivity index (χ1n) is 34.8. The molecule has 75 heavy (non-hydrogen) atoms. The molecule has 0 aliphatic rings. The highest BCUT2D eigenvalue weighted by atomic mass is 16.5. The number of carbonyl (C=O) groups excluding carboxylic acids is 2. The first-order chi connectivity index (χ1) is 37.0.